The third-order valence-corrected chi connectivity index (χ3v) is 3.43. The number of aromatic carboxylic acids is 1. The Balaban J connectivity index is 2.01. The fourth-order valence-corrected chi connectivity index (χ4v) is 2.22. The smallest absolute Gasteiger partial charge is 0.339 e. The molecule has 6 nitrogen and oxygen atoms in total. The maximum absolute atomic E-state index is 11.1. The number of benzene rings is 1. The molecule has 1 aromatic heterocycles. The first-order chi connectivity index (χ1) is 9.60. The Morgan fingerprint density at radius 1 is 1.45 bits per heavy atom. The fraction of sp³-hybridized carbons (Fsp3) is 0.357. The molecule has 1 fully saturated rings. The van der Waals surface area contributed by atoms with E-state index in [2.05, 4.69) is 10.1 Å². The third-order valence-electron chi connectivity index (χ3n) is 3.43. The summed E-state index contributed by atoms with van der Waals surface area (Å²) in [6, 6.07) is 4.89. The number of carboxylic acid groups (broad SMARTS) is 1. The summed E-state index contributed by atoms with van der Waals surface area (Å²) in [6.45, 7) is 0. The van der Waals surface area contributed by atoms with Gasteiger partial charge in [0, 0.05) is 18.5 Å². The molecule has 2 aromatic rings. The minimum atomic E-state index is -1.01. The molecule has 1 saturated carbocycles. The zero-order chi connectivity index (χ0) is 14.3. The molecular formula is C14H15N3O3. The molecule has 1 aliphatic carbocycles. The largest absolute Gasteiger partial charge is 0.496 e. The molecule has 0 atom stereocenters. The van der Waals surface area contributed by atoms with Gasteiger partial charge in [0.15, 0.2) is 5.82 Å². The molecule has 0 spiro atoms. The lowest BCUT2D eigenvalue weighted by atomic mass is 10.1. The molecule has 0 unspecified atom stereocenters. The molecule has 6 heteroatoms. The normalized spacial score (nSPS) is 14.3. The van der Waals surface area contributed by atoms with Crippen molar-refractivity contribution in [3.8, 4) is 17.1 Å². The highest BCUT2D eigenvalue weighted by molar-refractivity contribution is 5.91. The molecule has 1 aliphatic rings. The number of carboxylic acids is 1. The highest BCUT2D eigenvalue weighted by Crippen LogP contribution is 2.39. The zero-order valence-corrected chi connectivity index (χ0v) is 11.3. The third kappa shape index (κ3) is 2.13. The van der Waals surface area contributed by atoms with E-state index in [4.69, 9.17) is 9.84 Å². The number of methoxy groups -OCH3 is 1. The van der Waals surface area contributed by atoms with Crippen molar-refractivity contribution < 1.29 is 14.6 Å². The van der Waals surface area contributed by atoms with Crippen LogP contribution in [0.2, 0.25) is 0 Å². The molecule has 1 aromatic carbocycles. The summed E-state index contributed by atoms with van der Waals surface area (Å²) in [5, 5.41) is 13.5. The minimum Gasteiger partial charge on any atom is -0.496 e. The van der Waals surface area contributed by atoms with E-state index in [9.17, 15) is 4.79 Å². The minimum absolute atomic E-state index is 0.134. The van der Waals surface area contributed by atoms with E-state index in [-0.39, 0.29) is 5.56 Å². The van der Waals surface area contributed by atoms with Crippen LogP contribution in [0.5, 0.6) is 5.75 Å². The van der Waals surface area contributed by atoms with Crippen molar-refractivity contribution in [2.75, 3.05) is 7.11 Å². The number of rotatable bonds is 4. The van der Waals surface area contributed by atoms with Crippen LogP contribution < -0.4 is 4.74 Å². The number of ether oxygens (including phenoxy) is 1. The predicted molar refractivity (Wildman–Crippen MR) is 71.9 cm³/mol. The lowest BCUT2D eigenvalue weighted by molar-refractivity contribution is 0.0693. The molecule has 1 heterocycles. The van der Waals surface area contributed by atoms with Crippen LogP contribution in [0.1, 0.15) is 34.9 Å². The lowest BCUT2D eigenvalue weighted by Crippen LogP contribution is -2.00. The molecule has 0 bridgehead atoms. The lowest BCUT2D eigenvalue weighted by Gasteiger charge is -2.05. The maximum Gasteiger partial charge on any atom is 0.339 e. The van der Waals surface area contributed by atoms with Crippen LogP contribution in [-0.4, -0.2) is 33.0 Å². The van der Waals surface area contributed by atoms with Crippen LogP contribution >= 0.6 is 0 Å². The van der Waals surface area contributed by atoms with Crippen LogP contribution in [0, 0.1) is 0 Å². The van der Waals surface area contributed by atoms with Gasteiger partial charge >= 0.3 is 5.97 Å². The SMILES string of the molecule is COc1cc(-c2nc(C3CC3)n(C)n2)ccc1C(=O)O. The average molecular weight is 273 g/mol. The van der Waals surface area contributed by atoms with E-state index in [1.54, 1.807) is 16.8 Å². The summed E-state index contributed by atoms with van der Waals surface area (Å²) in [5.74, 6) is 1.41. The predicted octanol–water partition coefficient (Wildman–Crippen LogP) is 2.07. The standard InChI is InChI=1S/C14H15N3O3/c1-17-13(8-3-4-8)15-12(16-17)9-5-6-10(14(18)19)11(7-9)20-2/h5-8H,3-4H2,1-2H3,(H,18,19). The number of carbonyl (C=O) groups is 1. The summed E-state index contributed by atoms with van der Waals surface area (Å²) in [5.41, 5.74) is 0.893. The molecule has 104 valence electrons. The van der Waals surface area contributed by atoms with Crippen LogP contribution in [0.3, 0.4) is 0 Å². The van der Waals surface area contributed by atoms with Crippen molar-refractivity contribution in [1.82, 2.24) is 14.8 Å². The average Bonchev–Trinajstić information content (AvgIpc) is 3.21. The Hall–Kier alpha value is -2.37. The number of aryl methyl sites for hydroxylation is 1. The van der Waals surface area contributed by atoms with Gasteiger partial charge in [-0.3, -0.25) is 4.68 Å². The van der Waals surface area contributed by atoms with Gasteiger partial charge in [-0.2, -0.15) is 5.10 Å². The highest BCUT2D eigenvalue weighted by Gasteiger charge is 2.29. The van der Waals surface area contributed by atoms with Gasteiger partial charge in [-0.1, -0.05) is 0 Å². The van der Waals surface area contributed by atoms with E-state index >= 15 is 0 Å². The van der Waals surface area contributed by atoms with Gasteiger partial charge < -0.3 is 9.84 Å². The van der Waals surface area contributed by atoms with Crippen molar-refractivity contribution in [2.24, 2.45) is 7.05 Å². The van der Waals surface area contributed by atoms with E-state index < -0.39 is 5.97 Å². The molecule has 0 saturated heterocycles. The van der Waals surface area contributed by atoms with Crippen LogP contribution in [0.15, 0.2) is 18.2 Å². The second kappa shape index (κ2) is 4.63. The number of hydrogen-bond acceptors (Lipinski definition) is 4. The molecule has 0 radical (unpaired) electrons. The molecular weight excluding hydrogens is 258 g/mol. The van der Waals surface area contributed by atoms with E-state index in [0.29, 0.717) is 17.5 Å². The summed E-state index contributed by atoms with van der Waals surface area (Å²) in [6.07, 6.45) is 2.32. The Bertz CT molecular complexity index is 674. The monoisotopic (exact) mass is 273 g/mol. The molecule has 0 amide bonds. The van der Waals surface area contributed by atoms with Gasteiger partial charge in [-0.15, -0.1) is 0 Å². The Morgan fingerprint density at radius 2 is 2.20 bits per heavy atom. The van der Waals surface area contributed by atoms with Gasteiger partial charge in [0.2, 0.25) is 0 Å². The number of hydrogen-bond donors (Lipinski definition) is 1. The van der Waals surface area contributed by atoms with Crippen LogP contribution in [-0.2, 0) is 7.05 Å². The van der Waals surface area contributed by atoms with Crippen LogP contribution in [0.4, 0.5) is 0 Å². The first-order valence-corrected chi connectivity index (χ1v) is 6.42. The van der Waals surface area contributed by atoms with Crippen molar-refractivity contribution in [1.29, 1.82) is 0 Å². The summed E-state index contributed by atoms with van der Waals surface area (Å²) < 4.78 is 6.92. The molecule has 3 rings (SSSR count). The molecule has 1 N–H and O–H groups in total. The van der Waals surface area contributed by atoms with Gasteiger partial charge in [0.1, 0.15) is 17.1 Å². The molecule has 20 heavy (non-hydrogen) atoms. The zero-order valence-electron chi connectivity index (χ0n) is 11.3. The van der Waals surface area contributed by atoms with Crippen molar-refractivity contribution in [2.45, 2.75) is 18.8 Å². The van der Waals surface area contributed by atoms with Gasteiger partial charge in [-0.25, -0.2) is 9.78 Å². The maximum atomic E-state index is 11.1. The number of aromatic nitrogens is 3. The first kappa shape index (κ1) is 12.7. The topological polar surface area (TPSA) is 77.2 Å². The first-order valence-electron chi connectivity index (χ1n) is 6.42. The van der Waals surface area contributed by atoms with Crippen LogP contribution in [0.25, 0.3) is 11.4 Å². The van der Waals surface area contributed by atoms with Gasteiger partial charge in [0.25, 0.3) is 0 Å². The second-order valence-electron chi connectivity index (χ2n) is 4.91. The molecule has 0 aliphatic heterocycles. The Morgan fingerprint density at radius 3 is 2.80 bits per heavy atom. The Labute approximate surface area is 116 Å². The van der Waals surface area contributed by atoms with E-state index in [0.717, 1.165) is 24.2 Å². The summed E-state index contributed by atoms with van der Waals surface area (Å²) in [7, 11) is 3.33. The van der Waals surface area contributed by atoms with E-state index in [1.165, 1.54) is 13.2 Å². The quantitative estimate of drug-likeness (QED) is 0.922. The fourth-order valence-electron chi connectivity index (χ4n) is 2.22. The Kier molecular flexibility index (Phi) is 2.93. The van der Waals surface area contributed by atoms with Gasteiger partial charge in [-0.05, 0) is 31.0 Å². The number of nitrogens with zero attached hydrogens (tertiary/aromatic N) is 3. The second-order valence-corrected chi connectivity index (χ2v) is 4.91. The van der Waals surface area contributed by atoms with Crippen molar-refractivity contribution in [3.05, 3.63) is 29.6 Å². The summed E-state index contributed by atoms with van der Waals surface area (Å²) >= 11 is 0. The van der Waals surface area contributed by atoms with Crippen molar-refractivity contribution in [3.63, 3.8) is 0 Å². The van der Waals surface area contributed by atoms with Crippen molar-refractivity contribution >= 4 is 5.97 Å². The highest BCUT2D eigenvalue weighted by atomic mass is 16.5. The van der Waals surface area contributed by atoms with E-state index in [1.807, 2.05) is 7.05 Å². The van der Waals surface area contributed by atoms with Gasteiger partial charge in [0.05, 0.1) is 7.11 Å². The summed E-state index contributed by atoms with van der Waals surface area (Å²) in [4.78, 5) is 15.6.